The lowest BCUT2D eigenvalue weighted by Crippen LogP contribution is -2.39. The monoisotopic (exact) mass is 379 g/mol. The summed E-state index contributed by atoms with van der Waals surface area (Å²) in [4.78, 5) is 26.2. The van der Waals surface area contributed by atoms with Crippen LogP contribution in [0.5, 0.6) is 0 Å². The predicted octanol–water partition coefficient (Wildman–Crippen LogP) is 3.91. The zero-order valence-electron chi connectivity index (χ0n) is 17.0. The van der Waals surface area contributed by atoms with Crippen molar-refractivity contribution in [1.82, 2.24) is 5.32 Å². The standard InChI is InChI=1S/C20H30FN3O3/c1-13(2)24(6)16-8-7-14(11-15(16)21)23-17(25)20(9-10-20)12-22-18(26)27-19(3,4)5/h7-8,11,13H,9-10,12H2,1-6H3,(H,22,26)(H,23,25). The number of ether oxygens (including phenoxy) is 1. The van der Waals surface area contributed by atoms with Gasteiger partial charge in [0, 0.05) is 25.3 Å². The fraction of sp³-hybridized carbons (Fsp3) is 0.600. The third-order valence-corrected chi connectivity index (χ3v) is 4.67. The number of benzene rings is 1. The molecule has 2 amide bonds. The van der Waals surface area contributed by atoms with E-state index in [1.807, 2.05) is 25.8 Å². The van der Waals surface area contributed by atoms with Crippen LogP contribution in [0.25, 0.3) is 0 Å². The summed E-state index contributed by atoms with van der Waals surface area (Å²) >= 11 is 0. The largest absolute Gasteiger partial charge is 0.444 e. The fourth-order valence-electron chi connectivity index (χ4n) is 2.60. The average molecular weight is 379 g/mol. The van der Waals surface area contributed by atoms with Crippen LogP contribution in [-0.2, 0) is 9.53 Å². The zero-order chi connectivity index (χ0) is 20.4. The Kier molecular flexibility index (Phi) is 6.02. The third kappa shape index (κ3) is 5.58. The lowest BCUT2D eigenvalue weighted by molar-refractivity contribution is -0.120. The van der Waals surface area contributed by atoms with Gasteiger partial charge < -0.3 is 20.3 Å². The van der Waals surface area contributed by atoms with Crippen LogP contribution < -0.4 is 15.5 Å². The van der Waals surface area contributed by atoms with Gasteiger partial charge in [-0.25, -0.2) is 9.18 Å². The molecule has 0 radical (unpaired) electrons. The molecule has 2 rings (SSSR count). The van der Waals surface area contributed by atoms with Crippen molar-refractivity contribution in [2.45, 2.75) is 59.1 Å². The van der Waals surface area contributed by atoms with Crippen LogP contribution >= 0.6 is 0 Å². The second kappa shape index (κ2) is 7.74. The van der Waals surface area contributed by atoms with Gasteiger partial charge in [-0.1, -0.05) is 0 Å². The highest BCUT2D eigenvalue weighted by atomic mass is 19.1. The van der Waals surface area contributed by atoms with Gasteiger partial charge in [-0.05, 0) is 65.7 Å². The first-order chi connectivity index (χ1) is 12.4. The number of hydrogen-bond acceptors (Lipinski definition) is 4. The molecule has 2 N–H and O–H groups in total. The second-order valence-electron chi connectivity index (χ2n) is 8.46. The van der Waals surface area contributed by atoms with Gasteiger partial charge in [-0.2, -0.15) is 0 Å². The highest BCUT2D eigenvalue weighted by molar-refractivity contribution is 5.97. The number of hydrogen-bond donors (Lipinski definition) is 2. The SMILES string of the molecule is CC(C)N(C)c1ccc(NC(=O)C2(CNC(=O)OC(C)(C)C)CC2)cc1F. The molecule has 0 heterocycles. The molecule has 1 aromatic carbocycles. The number of nitrogens with zero attached hydrogens (tertiary/aromatic N) is 1. The first-order valence-electron chi connectivity index (χ1n) is 9.24. The Balaban J connectivity index is 1.96. The van der Waals surface area contributed by atoms with Crippen LogP contribution in [0.4, 0.5) is 20.6 Å². The molecule has 150 valence electrons. The van der Waals surface area contributed by atoms with Crippen molar-refractivity contribution < 1.29 is 18.7 Å². The number of nitrogens with one attached hydrogen (secondary N) is 2. The molecular formula is C20H30FN3O3. The minimum Gasteiger partial charge on any atom is -0.444 e. The lowest BCUT2D eigenvalue weighted by Gasteiger charge is -2.24. The maximum atomic E-state index is 14.4. The molecule has 1 aliphatic carbocycles. The molecule has 0 aromatic heterocycles. The lowest BCUT2D eigenvalue weighted by atomic mass is 10.1. The van der Waals surface area contributed by atoms with E-state index in [9.17, 15) is 14.0 Å². The highest BCUT2D eigenvalue weighted by Crippen LogP contribution is 2.46. The molecule has 0 aliphatic heterocycles. The maximum absolute atomic E-state index is 14.4. The van der Waals surface area contributed by atoms with Crippen molar-refractivity contribution >= 4 is 23.4 Å². The van der Waals surface area contributed by atoms with Crippen LogP contribution in [0.3, 0.4) is 0 Å². The zero-order valence-corrected chi connectivity index (χ0v) is 17.0. The molecule has 0 atom stereocenters. The van der Waals surface area contributed by atoms with E-state index >= 15 is 0 Å². The Hall–Kier alpha value is -2.31. The first kappa shape index (κ1) is 21.0. The van der Waals surface area contributed by atoms with E-state index in [2.05, 4.69) is 10.6 Å². The molecule has 0 bridgehead atoms. The molecular weight excluding hydrogens is 349 g/mol. The maximum Gasteiger partial charge on any atom is 0.407 e. The Morgan fingerprint density at radius 3 is 2.41 bits per heavy atom. The van der Waals surface area contributed by atoms with Crippen molar-refractivity contribution in [3.05, 3.63) is 24.0 Å². The summed E-state index contributed by atoms with van der Waals surface area (Å²) in [5, 5.41) is 5.42. The predicted molar refractivity (Wildman–Crippen MR) is 104 cm³/mol. The normalized spacial score (nSPS) is 15.3. The summed E-state index contributed by atoms with van der Waals surface area (Å²) in [6.07, 6.45) is 0.796. The van der Waals surface area contributed by atoms with E-state index in [0.29, 0.717) is 24.2 Å². The topological polar surface area (TPSA) is 70.7 Å². The number of rotatable bonds is 6. The summed E-state index contributed by atoms with van der Waals surface area (Å²) in [5.74, 6) is -0.608. The van der Waals surface area contributed by atoms with E-state index in [4.69, 9.17) is 4.74 Å². The van der Waals surface area contributed by atoms with Gasteiger partial charge in [0.25, 0.3) is 0 Å². The number of carbonyl (C=O) groups excluding carboxylic acids is 2. The molecule has 0 spiro atoms. The second-order valence-corrected chi connectivity index (χ2v) is 8.46. The minimum absolute atomic E-state index is 0.161. The smallest absolute Gasteiger partial charge is 0.407 e. The highest BCUT2D eigenvalue weighted by Gasteiger charge is 2.50. The molecule has 1 aliphatic rings. The van der Waals surface area contributed by atoms with E-state index in [0.717, 1.165) is 0 Å². The van der Waals surface area contributed by atoms with Gasteiger partial charge in [0.2, 0.25) is 5.91 Å². The van der Waals surface area contributed by atoms with Crippen molar-refractivity contribution in [1.29, 1.82) is 0 Å². The number of carbonyl (C=O) groups is 2. The van der Waals surface area contributed by atoms with Crippen molar-refractivity contribution in [3.63, 3.8) is 0 Å². The molecule has 1 fully saturated rings. The first-order valence-corrected chi connectivity index (χ1v) is 9.24. The van der Waals surface area contributed by atoms with Gasteiger partial charge in [0.15, 0.2) is 0 Å². The van der Waals surface area contributed by atoms with E-state index in [1.54, 1.807) is 32.9 Å². The van der Waals surface area contributed by atoms with Crippen LogP contribution in [0.15, 0.2) is 18.2 Å². The van der Waals surface area contributed by atoms with E-state index < -0.39 is 17.1 Å². The molecule has 6 nitrogen and oxygen atoms in total. The summed E-state index contributed by atoms with van der Waals surface area (Å²) in [6, 6.07) is 4.83. The quantitative estimate of drug-likeness (QED) is 0.786. The Labute approximate surface area is 160 Å². The molecule has 0 saturated heterocycles. The van der Waals surface area contributed by atoms with Crippen molar-refractivity contribution in [2.75, 3.05) is 23.8 Å². The Morgan fingerprint density at radius 1 is 1.30 bits per heavy atom. The summed E-state index contributed by atoms with van der Waals surface area (Å²) < 4.78 is 19.6. The number of alkyl carbamates (subject to hydrolysis) is 1. The number of amides is 2. The van der Waals surface area contributed by atoms with Crippen LogP contribution in [0.1, 0.15) is 47.5 Å². The summed E-state index contributed by atoms with van der Waals surface area (Å²) in [6.45, 7) is 9.49. The Bertz CT molecular complexity index is 709. The van der Waals surface area contributed by atoms with Gasteiger partial charge in [0.05, 0.1) is 11.1 Å². The van der Waals surface area contributed by atoms with Gasteiger partial charge >= 0.3 is 6.09 Å². The fourth-order valence-corrected chi connectivity index (χ4v) is 2.60. The van der Waals surface area contributed by atoms with Crippen LogP contribution in [0.2, 0.25) is 0 Å². The number of halogens is 1. The van der Waals surface area contributed by atoms with Crippen molar-refractivity contribution in [3.8, 4) is 0 Å². The number of anilines is 2. The molecule has 7 heteroatoms. The average Bonchev–Trinajstić information content (AvgIpc) is 3.32. The summed E-state index contributed by atoms with van der Waals surface area (Å²) in [7, 11) is 1.82. The molecule has 0 unspecified atom stereocenters. The van der Waals surface area contributed by atoms with E-state index in [-0.39, 0.29) is 24.3 Å². The molecule has 1 saturated carbocycles. The minimum atomic E-state index is -0.652. The Morgan fingerprint density at radius 2 is 1.93 bits per heavy atom. The van der Waals surface area contributed by atoms with Crippen LogP contribution in [-0.4, -0.2) is 37.2 Å². The van der Waals surface area contributed by atoms with Gasteiger partial charge in [-0.15, -0.1) is 0 Å². The molecule has 27 heavy (non-hydrogen) atoms. The third-order valence-electron chi connectivity index (χ3n) is 4.67. The van der Waals surface area contributed by atoms with Crippen molar-refractivity contribution in [2.24, 2.45) is 5.41 Å². The summed E-state index contributed by atoms with van der Waals surface area (Å²) in [5.41, 5.74) is -0.357. The van der Waals surface area contributed by atoms with Gasteiger partial charge in [-0.3, -0.25) is 4.79 Å². The van der Waals surface area contributed by atoms with Crippen LogP contribution in [0, 0.1) is 11.2 Å². The van der Waals surface area contributed by atoms with Gasteiger partial charge in [0.1, 0.15) is 11.4 Å². The molecule has 1 aromatic rings. The van der Waals surface area contributed by atoms with E-state index in [1.165, 1.54) is 6.07 Å².